The normalized spacial score (nSPS) is 23.8. The molecule has 1 N–H and O–H groups in total. The smallest absolute Gasteiger partial charge is 0.245 e. The van der Waals surface area contributed by atoms with Gasteiger partial charge in [0.25, 0.3) is 0 Å². The summed E-state index contributed by atoms with van der Waals surface area (Å²) in [6.45, 7) is 1.24. The molecule has 2 amide bonds. The van der Waals surface area contributed by atoms with E-state index in [4.69, 9.17) is 4.74 Å². The lowest BCUT2D eigenvalue weighted by atomic mass is 10.1. The van der Waals surface area contributed by atoms with E-state index in [-0.39, 0.29) is 36.3 Å². The number of anilines is 1. The molecular weight excluding hydrogens is 362 g/mol. The fourth-order valence-corrected chi connectivity index (χ4v) is 4.20. The summed E-state index contributed by atoms with van der Waals surface area (Å²) in [5.41, 5.74) is 1.19. The third kappa shape index (κ3) is 4.54. The number of benzene rings is 1. The first-order chi connectivity index (χ1) is 13.2. The second kappa shape index (κ2) is 8.19. The number of nitrogens with one attached hydrogen (secondary N) is 1. The van der Waals surface area contributed by atoms with Crippen LogP contribution in [0, 0.1) is 5.92 Å². The molecule has 2 aliphatic rings. The Morgan fingerprint density at radius 3 is 2.85 bits per heavy atom. The number of rotatable bonds is 7. The highest BCUT2D eigenvalue weighted by molar-refractivity contribution is 7.13. The summed E-state index contributed by atoms with van der Waals surface area (Å²) < 4.78 is 5.70. The number of hydrogen-bond acceptors (Lipinski definition) is 5. The lowest BCUT2D eigenvalue weighted by Crippen LogP contribution is -2.43. The van der Waals surface area contributed by atoms with Gasteiger partial charge in [-0.1, -0.05) is 30.3 Å². The van der Waals surface area contributed by atoms with Gasteiger partial charge in [-0.25, -0.2) is 4.98 Å². The quantitative estimate of drug-likeness (QED) is 0.796. The van der Waals surface area contributed by atoms with Crippen LogP contribution in [0.25, 0.3) is 0 Å². The number of carbonyl (C=O) groups is 2. The maximum atomic E-state index is 13.1. The van der Waals surface area contributed by atoms with Gasteiger partial charge in [0.05, 0.1) is 6.10 Å². The first kappa shape index (κ1) is 18.1. The Kier molecular flexibility index (Phi) is 5.50. The Bertz CT molecular complexity index is 775. The molecule has 2 aromatic rings. The maximum absolute atomic E-state index is 13.1. The highest BCUT2D eigenvalue weighted by Gasteiger charge is 2.46. The van der Waals surface area contributed by atoms with Crippen LogP contribution in [0.4, 0.5) is 5.13 Å². The second-order valence-electron chi connectivity index (χ2n) is 7.10. The van der Waals surface area contributed by atoms with Gasteiger partial charge in [-0.15, -0.1) is 11.3 Å². The van der Waals surface area contributed by atoms with Crippen LogP contribution >= 0.6 is 11.3 Å². The fourth-order valence-electron chi connectivity index (χ4n) is 3.65. The Morgan fingerprint density at radius 2 is 2.15 bits per heavy atom. The van der Waals surface area contributed by atoms with Crippen LogP contribution in [-0.2, 0) is 14.3 Å². The summed E-state index contributed by atoms with van der Waals surface area (Å²) in [5, 5.41) is 5.13. The highest BCUT2D eigenvalue weighted by Crippen LogP contribution is 2.48. The van der Waals surface area contributed by atoms with E-state index in [2.05, 4.69) is 22.4 Å². The minimum Gasteiger partial charge on any atom is -0.376 e. The van der Waals surface area contributed by atoms with Gasteiger partial charge in [0.2, 0.25) is 11.8 Å². The Morgan fingerprint density at radius 1 is 1.30 bits per heavy atom. The van der Waals surface area contributed by atoms with E-state index < -0.39 is 0 Å². The van der Waals surface area contributed by atoms with E-state index in [0.717, 1.165) is 25.9 Å². The van der Waals surface area contributed by atoms with Crippen LogP contribution in [0.5, 0.6) is 0 Å². The van der Waals surface area contributed by atoms with Crippen molar-refractivity contribution in [3.8, 4) is 0 Å². The molecule has 2 heterocycles. The third-order valence-corrected chi connectivity index (χ3v) is 5.80. The maximum Gasteiger partial charge on any atom is 0.245 e. The summed E-state index contributed by atoms with van der Waals surface area (Å²) in [6.07, 6.45) is 4.46. The zero-order chi connectivity index (χ0) is 18.6. The van der Waals surface area contributed by atoms with Crippen molar-refractivity contribution in [2.24, 2.45) is 5.92 Å². The standard InChI is InChI=1S/C20H23N3O3S/c24-18(22-20-21-8-10-27-20)13-23(12-15-7-4-9-26-15)19(25)17-11-16(17)14-5-2-1-3-6-14/h1-3,5-6,8,10,15-17H,4,7,9,11-13H2,(H,21,22,24). The van der Waals surface area contributed by atoms with Crippen molar-refractivity contribution in [3.05, 3.63) is 47.5 Å². The van der Waals surface area contributed by atoms with Gasteiger partial charge in [0.15, 0.2) is 5.13 Å². The molecule has 0 radical (unpaired) electrons. The van der Waals surface area contributed by atoms with Gasteiger partial charge < -0.3 is 15.0 Å². The summed E-state index contributed by atoms with van der Waals surface area (Å²) in [6, 6.07) is 10.1. The Balaban J connectivity index is 1.41. The topological polar surface area (TPSA) is 71.5 Å². The summed E-state index contributed by atoms with van der Waals surface area (Å²) in [4.78, 5) is 31.2. The highest BCUT2D eigenvalue weighted by atomic mass is 32.1. The van der Waals surface area contributed by atoms with Crippen molar-refractivity contribution in [2.45, 2.75) is 31.3 Å². The number of amides is 2. The van der Waals surface area contributed by atoms with Crippen LogP contribution in [0.1, 0.15) is 30.7 Å². The first-order valence-electron chi connectivity index (χ1n) is 9.35. The van der Waals surface area contributed by atoms with Crippen molar-refractivity contribution in [1.29, 1.82) is 0 Å². The summed E-state index contributed by atoms with van der Waals surface area (Å²) in [7, 11) is 0. The van der Waals surface area contributed by atoms with Crippen LogP contribution in [0.15, 0.2) is 41.9 Å². The molecule has 6 nitrogen and oxygen atoms in total. The summed E-state index contributed by atoms with van der Waals surface area (Å²) in [5.74, 6) is 0.0519. The molecule has 27 heavy (non-hydrogen) atoms. The Labute approximate surface area is 162 Å². The zero-order valence-electron chi connectivity index (χ0n) is 15.0. The molecule has 3 atom stereocenters. The van der Waals surface area contributed by atoms with Crippen LogP contribution in [0.3, 0.4) is 0 Å². The van der Waals surface area contributed by atoms with Crippen molar-refractivity contribution in [3.63, 3.8) is 0 Å². The molecule has 1 aromatic carbocycles. The molecule has 1 saturated heterocycles. The molecule has 2 fully saturated rings. The minimum atomic E-state index is -0.215. The van der Waals surface area contributed by atoms with E-state index in [0.29, 0.717) is 11.7 Å². The Hall–Kier alpha value is -2.25. The molecule has 7 heteroatoms. The SMILES string of the molecule is O=C(CN(CC1CCCO1)C(=O)C1CC1c1ccccc1)Nc1nccs1. The molecule has 0 bridgehead atoms. The average molecular weight is 385 g/mol. The van der Waals surface area contributed by atoms with Crippen molar-refractivity contribution in [1.82, 2.24) is 9.88 Å². The van der Waals surface area contributed by atoms with Gasteiger partial charge >= 0.3 is 0 Å². The first-order valence-corrected chi connectivity index (χ1v) is 10.2. The molecule has 3 unspecified atom stereocenters. The average Bonchev–Trinajstić information content (AvgIpc) is 3.03. The van der Waals surface area contributed by atoms with Crippen LogP contribution < -0.4 is 5.32 Å². The molecule has 0 spiro atoms. The zero-order valence-corrected chi connectivity index (χ0v) is 15.9. The number of nitrogens with zero attached hydrogens (tertiary/aromatic N) is 2. The van der Waals surface area contributed by atoms with Crippen molar-refractivity contribution >= 4 is 28.3 Å². The molecule has 1 aromatic heterocycles. The van der Waals surface area contributed by atoms with E-state index in [1.807, 2.05) is 18.2 Å². The number of hydrogen-bond donors (Lipinski definition) is 1. The molecule has 4 rings (SSSR count). The second-order valence-corrected chi connectivity index (χ2v) is 7.99. The number of carbonyl (C=O) groups excluding carboxylic acids is 2. The number of thiazole rings is 1. The largest absolute Gasteiger partial charge is 0.376 e. The monoisotopic (exact) mass is 385 g/mol. The lowest BCUT2D eigenvalue weighted by molar-refractivity contribution is -0.137. The van der Waals surface area contributed by atoms with E-state index in [1.165, 1.54) is 16.9 Å². The minimum absolute atomic E-state index is 0.0236. The van der Waals surface area contributed by atoms with Crippen LogP contribution in [0.2, 0.25) is 0 Å². The molecule has 1 saturated carbocycles. The molecule has 1 aliphatic heterocycles. The van der Waals surface area contributed by atoms with Gasteiger partial charge in [0.1, 0.15) is 6.54 Å². The lowest BCUT2D eigenvalue weighted by Gasteiger charge is -2.25. The predicted molar refractivity (Wildman–Crippen MR) is 104 cm³/mol. The predicted octanol–water partition coefficient (Wildman–Crippen LogP) is 2.89. The third-order valence-electron chi connectivity index (χ3n) is 5.11. The van der Waals surface area contributed by atoms with Crippen molar-refractivity contribution in [2.75, 3.05) is 25.0 Å². The van der Waals surface area contributed by atoms with E-state index in [9.17, 15) is 9.59 Å². The summed E-state index contributed by atoms with van der Waals surface area (Å²) >= 11 is 1.36. The molecular formula is C20H23N3O3S. The van der Waals surface area contributed by atoms with E-state index in [1.54, 1.807) is 16.5 Å². The fraction of sp³-hybridized carbons (Fsp3) is 0.450. The van der Waals surface area contributed by atoms with E-state index >= 15 is 0 Å². The van der Waals surface area contributed by atoms with Gasteiger partial charge in [-0.3, -0.25) is 9.59 Å². The van der Waals surface area contributed by atoms with Crippen LogP contribution in [-0.4, -0.2) is 47.5 Å². The number of ether oxygens (including phenoxy) is 1. The molecule has 1 aliphatic carbocycles. The van der Waals surface area contributed by atoms with Crippen molar-refractivity contribution < 1.29 is 14.3 Å². The number of aromatic nitrogens is 1. The van der Waals surface area contributed by atoms with Gasteiger partial charge in [0, 0.05) is 30.6 Å². The van der Waals surface area contributed by atoms with Gasteiger partial charge in [-0.05, 0) is 30.7 Å². The molecule has 142 valence electrons. The van der Waals surface area contributed by atoms with Gasteiger partial charge in [-0.2, -0.15) is 0 Å².